The second-order valence-corrected chi connectivity index (χ2v) is 1.81. The average molecular weight is 168 g/mol. The van der Waals surface area contributed by atoms with Gasteiger partial charge in [-0.15, -0.1) is 6.58 Å². The Morgan fingerprint density at radius 1 is 1.42 bits per heavy atom. The van der Waals surface area contributed by atoms with Gasteiger partial charge in [-0.3, -0.25) is 0 Å². The molecule has 0 bridgehead atoms. The largest absolute Gasteiger partial charge is 0.458 e. The number of hydrogen-bond acceptors (Lipinski definition) is 2. The lowest BCUT2D eigenvalue weighted by Crippen LogP contribution is -1.98. The minimum absolute atomic E-state index is 0.335. The van der Waals surface area contributed by atoms with Gasteiger partial charge in [-0.2, -0.15) is 0 Å². The second kappa shape index (κ2) is 12.4. The first-order valence-corrected chi connectivity index (χ1v) is 3.70. The molecule has 0 amide bonds. The molecule has 2 heteroatoms. The highest BCUT2D eigenvalue weighted by Gasteiger charge is 1.88. The standard InChI is InChI=1S/C7H10O2.C3H6/c1-3-5-6-9-7(8)4-2;1-3-2/h3-5H,2,6H2,1H3;3H,1H2,2H3. The van der Waals surface area contributed by atoms with Crippen molar-refractivity contribution in [1.29, 1.82) is 0 Å². The highest BCUT2D eigenvalue weighted by atomic mass is 16.5. The van der Waals surface area contributed by atoms with Crippen molar-refractivity contribution in [1.82, 2.24) is 0 Å². The van der Waals surface area contributed by atoms with Gasteiger partial charge in [-0.25, -0.2) is 4.79 Å². The van der Waals surface area contributed by atoms with Gasteiger partial charge in [0.15, 0.2) is 0 Å². The Balaban J connectivity index is 0. The van der Waals surface area contributed by atoms with Crippen molar-refractivity contribution >= 4 is 5.97 Å². The van der Waals surface area contributed by atoms with Crippen LogP contribution < -0.4 is 0 Å². The van der Waals surface area contributed by atoms with E-state index in [-0.39, 0.29) is 5.97 Å². The van der Waals surface area contributed by atoms with E-state index in [2.05, 4.69) is 17.9 Å². The number of hydrogen-bond donors (Lipinski definition) is 0. The number of ether oxygens (including phenoxy) is 1. The number of carbonyl (C=O) groups excluding carboxylic acids is 1. The van der Waals surface area contributed by atoms with Crippen molar-refractivity contribution in [2.75, 3.05) is 6.61 Å². The zero-order valence-electron chi connectivity index (χ0n) is 7.75. The third kappa shape index (κ3) is 15.9. The van der Waals surface area contributed by atoms with Gasteiger partial charge in [-0.05, 0) is 13.8 Å². The van der Waals surface area contributed by atoms with E-state index in [0.717, 1.165) is 6.08 Å². The number of rotatable bonds is 3. The van der Waals surface area contributed by atoms with Gasteiger partial charge in [0.2, 0.25) is 0 Å². The topological polar surface area (TPSA) is 26.3 Å². The Hall–Kier alpha value is -1.31. The summed E-state index contributed by atoms with van der Waals surface area (Å²) >= 11 is 0. The van der Waals surface area contributed by atoms with Gasteiger partial charge in [-0.1, -0.05) is 24.8 Å². The van der Waals surface area contributed by atoms with Crippen LogP contribution >= 0.6 is 0 Å². The molecule has 0 fully saturated rings. The summed E-state index contributed by atoms with van der Waals surface area (Å²) in [4.78, 5) is 10.3. The molecule has 0 radical (unpaired) electrons. The van der Waals surface area contributed by atoms with Gasteiger partial charge < -0.3 is 4.74 Å². The first-order chi connectivity index (χ1) is 5.72. The molecule has 0 saturated carbocycles. The molecular weight excluding hydrogens is 152 g/mol. The Morgan fingerprint density at radius 2 is 1.92 bits per heavy atom. The summed E-state index contributed by atoms with van der Waals surface area (Å²) in [6.45, 7) is 10.7. The second-order valence-electron chi connectivity index (χ2n) is 1.81. The van der Waals surface area contributed by atoms with E-state index in [4.69, 9.17) is 0 Å². The average Bonchev–Trinajstić information content (AvgIpc) is 2.06. The zero-order valence-corrected chi connectivity index (χ0v) is 7.75. The van der Waals surface area contributed by atoms with Crippen LogP contribution in [0.4, 0.5) is 0 Å². The molecule has 0 aromatic heterocycles. The van der Waals surface area contributed by atoms with Crippen LogP contribution in [0.1, 0.15) is 13.8 Å². The van der Waals surface area contributed by atoms with Crippen molar-refractivity contribution in [3.8, 4) is 0 Å². The molecule has 0 aliphatic heterocycles. The molecule has 12 heavy (non-hydrogen) atoms. The van der Waals surface area contributed by atoms with Crippen LogP contribution in [0.15, 0.2) is 37.5 Å². The summed E-state index contributed by atoms with van der Waals surface area (Å²) in [5.41, 5.74) is 0. The SMILES string of the molecule is C=CC.C=CC(=O)OCC=CC. The molecule has 0 N–H and O–H groups in total. The van der Waals surface area contributed by atoms with Gasteiger partial charge in [0.1, 0.15) is 6.61 Å². The Labute approximate surface area is 74.2 Å². The zero-order chi connectivity index (χ0) is 9.82. The van der Waals surface area contributed by atoms with E-state index in [0.29, 0.717) is 6.61 Å². The summed E-state index contributed by atoms with van der Waals surface area (Å²) in [5, 5.41) is 0. The van der Waals surface area contributed by atoms with E-state index in [1.165, 1.54) is 0 Å². The fourth-order valence-electron chi connectivity index (χ4n) is 0.285. The van der Waals surface area contributed by atoms with Crippen LogP contribution in [0.2, 0.25) is 0 Å². The van der Waals surface area contributed by atoms with Gasteiger partial charge >= 0.3 is 5.97 Å². The summed E-state index contributed by atoms with van der Waals surface area (Å²) in [5.74, 6) is -0.381. The first-order valence-electron chi connectivity index (χ1n) is 3.70. The third-order valence-electron chi connectivity index (χ3n) is 0.724. The molecule has 0 rings (SSSR count). The molecule has 0 aliphatic rings. The lowest BCUT2D eigenvalue weighted by atomic mass is 10.5. The van der Waals surface area contributed by atoms with Crippen molar-refractivity contribution in [3.63, 3.8) is 0 Å². The van der Waals surface area contributed by atoms with Crippen molar-refractivity contribution < 1.29 is 9.53 Å². The first kappa shape index (κ1) is 13.3. The van der Waals surface area contributed by atoms with Crippen LogP contribution in [0.5, 0.6) is 0 Å². The molecule has 0 aromatic carbocycles. The summed E-state index contributed by atoms with van der Waals surface area (Å²) in [6, 6.07) is 0. The van der Waals surface area contributed by atoms with Crippen LogP contribution in [0, 0.1) is 0 Å². The molecule has 0 atom stereocenters. The van der Waals surface area contributed by atoms with Crippen molar-refractivity contribution in [2.45, 2.75) is 13.8 Å². The van der Waals surface area contributed by atoms with Gasteiger partial charge in [0, 0.05) is 6.08 Å². The third-order valence-corrected chi connectivity index (χ3v) is 0.724. The number of carbonyl (C=O) groups is 1. The fraction of sp³-hybridized carbons (Fsp3) is 0.300. The maximum atomic E-state index is 10.3. The minimum Gasteiger partial charge on any atom is -0.458 e. The Bertz CT molecular complexity index is 157. The highest BCUT2D eigenvalue weighted by Crippen LogP contribution is 1.79. The molecule has 68 valence electrons. The van der Waals surface area contributed by atoms with E-state index in [1.54, 1.807) is 12.2 Å². The molecule has 0 unspecified atom stereocenters. The van der Waals surface area contributed by atoms with Crippen LogP contribution in [-0.4, -0.2) is 12.6 Å². The monoisotopic (exact) mass is 168 g/mol. The van der Waals surface area contributed by atoms with E-state index < -0.39 is 0 Å². The highest BCUT2D eigenvalue weighted by molar-refractivity contribution is 5.81. The van der Waals surface area contributed by atoms with Gasteiger partial charge in [0.25, 0.3) is 0 Å². The minimum atomic E-state index is -0.381. The van der Waals surface area contributed by atoms with Crippen LogP contribution in [0.3, 0.4) is 0 Å². The predicted molar refractivity (Wildman–Crippen MR) is 51.8 cm³/mol. The van der Waals surface area contributed by atoms with Crippen LogP contribution in [0.25, 0.3) is 0 Å². The molecule has 0 heterocycles. The lowest BCUT2D eigenvalue weighted by molar-refractivity contribution is -0.136. The van der Waals surface area contributed by atoms with Crippen molar-refractivity contribution in [2.24, 2.45) is 0 Å². The van der Waals surface area contributed by atoms with E-state index in [1.807, 2.05) is 19.9 Å². The summed E-state index contributed by atoms with van der Waals surface area (Å²) in [7, 11) is 0. The molecular formula is C10H16O2. The Kier molecular flexibility index (Phi) is 13.7. The molecule has 0 saturated heterocycles. The normalized spacial score (nSPS) is 8.17. The molecule has 2 nitrogen and oxygen atoms in total. The number of allylic oxidation sites excluding steroid dienone is 2. The molecule has 0 spiro atoms. The van der Waals surface area contributed by atoms with Crippen molar-refractivity contribution in [3.05, 3.63) is 37.5 Å². The summed E-state index contributed by atoms with van der Waals surface area (Å²) in [6.07, 6.45) is 6.46. The lowest BCUT2D eigenvalue weighted by Gasteiger charge is -1.93. The smallest absolute Gasteiger partial charge is 0.330 e. The maximum Gasteiger partial charge on any atom is 0.330 e. The van der Waals surface area contributed by atoms with Crippen LogP contribution in [-0.2, 0) is 9.53 Å². The number of esters is 1. The Morgan fingerprint density at radius 3 is 2.25 bits per heavy atom. The van der Waals surface area contributed by atoms with Gasteiger partial charge in [0.05, 0.1) is 0 Å². The van der Waals surface area contributed by atoms with E-state index in [9.17, 15) is 4.79 Å². The fourth-order valence-corrected chi connectivity index (χ4v) is 0.285. The maximum absolute atomic E-state index is 10.3. The van der Waals surface area contributed by atoms with E-state index >= 15 is 0 Å². The predicted octanol–water partition coefficient (Wildman–Crippen LogP) is 2.48. The quantitative estimate of drug-likeness (QED) is 0.367. The molecule has 0 aromatic rings. The summed E-state index contributed by atoms with van der Waals surface area (Å²) < 4.78 is 4.59. The molecule has 0 aliphatic carbocycles.